The van der Waals surface area contributed by atoms with Gasteiger partial charge in [0.2, 0.25) is 11.8 Å². The molecule has 1 atom stereocenters. The molecule has 0 aliphatic carbocycles. The Bertz CT molecular complexity index is 1720. The van der Waals surface area contributed by atoms with Crippen LogP contribution in [0.3, 0.4) is 0 Å². The molecule has 0 aromatic heterocycles. The number of halogens is 3. The minimum atomic E-state index is -4.28. The largest absolute Gasteiger partial charge is 0.354 e. The minimum Gasteiger partial charge on any atom is -0.354 e. The van der Waals surface area contributed by atoms with Gasteiger partial charge in [0.05, 0.1) is 10.6 Å². The summed E-state index contributed by atoms with van der Waals surface area (Å²) >= 11 is 18.8. The number of anilines is 1. The van der Waals surface area contributed by atoms with Gasteiger partial charge in [-0.05, 0) is 66.9 Å². The Labute approximate surface area is 286 Å². The highest BCUT2D eigenvalue weighted by Crippen LogP contribution is 2.30. The first-order valence-electron chi connectivity index (χ1n) is 14.9. The zero-order chi connectivity index (χ0) is 33.3. The maximum absolute atomic E-state index is 14.5. The molecule has 0 aliphatic rings. The first-order valence-corrected chi connectivity index (χ1v) is 17.5. The van der Waals surface area contributed by atoms with E-state index in [1.807, 2.05) is 44.2 Å². The van der Waals surface area contributed by atoms with Crippen molar-refractivity contribution in [3.05, 3.63) is 129 Å². The highest BCUT2D eigenvalue weighted by atomic mass is 35.5. The van der Waals surface area contributed by atoms with Crippen LogP contribution >= 0.6 is 34.8 Å². The van der Waals surface area contributed by atoms with Crippen LogP contribution in [-0.2, 0) is 32.6 Å². The van der Waals surface area contributed by atoms with E-state index in [-0.39, 0.29) is 39.5 Å². The van der Waals surface area contributed by atoms with Gasteiger partial charge in [0.25, 0.3) is 10.0 Å². The Morgan fingerprint density at radius 2 is 1.43 bits per heavy atom. The SMILES string of the molecule is CCCCNC(=O)[C@H](Cc1ccccc1)N(Cc1ccc(Cl)cc1)C(=O)CN(c1cc(Cl)cc(Cl)c1)S(=O)(=O)c1ccc(C)cc1. The Morgan fingerprint density at radius 1 is 0.804 bits per heavy atom. The Hall–Kier alpha value is -3.56. The molecule has 4 aromatic rings. The van der Waals surface area contributed by atoms with E-state index in [2.05, 4.69) is 5.32 Å². The van der Waals surface area contributed by atoms with Gasteiger partial charge < -0.3 is 10.2 Å². The van der Waals surface area contributed by atoms with Crippen LogP contribution < -0.4 is 9.62 Å². The van der Waals surface area contributed by atoms with E-state index in [1.165, 1.54) is 35.2 Å². The fourth-order valence-electron chi connectivity index (χ4n) is 4.90. The quantitative estimate of drug-likeness (QED) is 0.137. The molecule has 4 rings (SSSR count). The number of rotatable bonds is 14. The molecule has 0 fully saturated rings. The van der Waals surface area contributed by atoms with Gasteiger partial charge in [-0.1, -0.05) is 108 Å². The van der Waals surface area contributed by atoms with Crippen molar-refractivity contribution in [2.45, 2.75) is 50.6 Å². The number of benzene rings is 4. The minimum absolute atomic E-state index is 0.00982. The lowest BCUT2D eigenvalue weighted by molar-refractivity contribution is -0.140. The smallest absolute Gasteiger partial charge is 0.264 e. The zero-order valence-corrected chi connectivity index (χ0v) is 28.7. The Morgan fingerprint density at radius 3 is 2.04 bits per heavy atom. The average molecular weight is 701 g/mol. The molecule has 0 saturated heterocycles. The van der Waals surface area contributed by atoms with Gasteiger partial charge in [0.15, 0.2) is 0 Å². The molecule has 0 radical (unpaired) electrons. The third-order valence-electron chi connectivity index (χ3n) is 7.39. The van der Waals surface area contributed by atoms with E-state index in [9.17, 15) is 18.0 Å². The Kier molecular flexibility index (Phi) is 12.5. The lowest BCUT2D eigenvalue weighted by Crippen LogP contribution is -2.53. The molecule has 0 spiro atoms. The lowest BCUT2D eigenvalue weighted by Gasteiger charge is -2.34. The Balaban J connectivity index is 1.81. The highest BCUT2D eigenvalue weighted by Gasteiger charge is 2.34. The molecule has 0 heterocycles. The zero-order valence-electron chi connectivity index (χ0n) is 25.6. The van der Waals surface area contributed by atoms with Crippen molar-refractivity contribution < 1.29 is 18.0 Å². The lowest BCUT2D eigenvalue weighted by atomic mass is 10.0. The van der Waals surface area contributed by atoms with E-state index in [0.29, 0.717) is 11.6 Å². The number of carbonyl (C=O) groups excluding carboxylic acids is 2. The summed E-state index contributed by atoms with van der Waals surface area (Å²) in [5, 5.41) is 3.90. The first-order chi connectivity index (χ1) is 22.0. The number of sulfonamides is 1. The number of carbonyl (C=O) groups is 2. The highest BCUT2D eigenvalue weighted by molar-refractivity contribution is 7.92. The predicted octanol–water partition coefficient (Wildman–Crippen LogP) is 7.71. The second kappa shape index (κ2) is 16.3. The summed E-state index contributed by atoms with van der Waals surface area (Å²) in [6.45, 7) is 3.73. The van der Waals surface area contributed by atoms with E-state index in [0.717, 1.165) is 33.8 Å². The summed E-state index contributed by atoms with van der Waals surface area (Å²) in [5.74, 6) is -0.924. The molecule has 0 unspecified atom stereocenters. The summed E-state index contributed by atoms with van der Waals surface area (Å²) in [4.78, 5) is 29.8. The third kappa shape index (κ3) is 9.48. The monoisotopic (exact) mass is 699 g/mol. The molecule has 0 aliphatic heterocycles. The van der Waals surface area contributed by atoms with Crippen molar-refractivity contribution >= 4 is 62.3 Å². The van der Waals surface area contributed by atoms with E-state index in [4.69, 9.17) is 34.8 Å². The summed E-state index contributed by atoms with van der Waals surface area (Å²) in [7, 11) is -4.28. The van der Waals surface area contributed by atoms with Gasteiger partial charge in [0, 0.05) is 34.6 Å². The van der Waals surface area contributed by atoms with Crippen LogP contribution in [-0.4, -0.2) is 44.3 Å². The molecule has 11 heteroatoms. The standard InChI is InChI=1S/C35H36Cl3N3O4S/c1-3-4-18-39-35(43)33(19-26-8-6-5-7-9-26)40(23-27-12-14-28(36)15-13-27)34(42)24-41(31-21-29(37)20-30(38)22-31)46(44,45)32-16-10-25(2)11-17-32/h5-17,20-22,33H,3-4,18-19,23-24H2,1-2H3,(H,39,43)/t33-/m0/s1. The number of unbranched alkanes of at least 4 members (excludes halogenated alkanes) is 1. The van der Waals surface area contributed by atoms with Crippen molar-refractivity contribution in [3.8, 4) is 0 Å². The molecular weight excluding hydrogens is 665 g/mol. The maximum Gasteiger partial charge on any atom is 0.264 e. The maximum atomic E-state index is 14.5. The van der Waals surface area contributed by atoms with Gasteiger partial charge in [-0.2, -0.15) is 0 Å². The van der Waals surface area contributed by atoms with Gasteiger partial charge in [-0.25, -0.2) is 8.42 Å². The van der Waals surface area contributed by atoms with E-state index >= 15 is 0 Å². The van der Waals surface area contributed by atoms with Crippen LogP contribution in [0.25, 0.3) is 0 Å². The van der Waals surface area contributed by atoms with Crippen molar-refractivity contribution in [2.24, 2.45) is 0 Å². The third-order valence-corrected chi connectivity index (χ3v) is 9.87. The summed E-state index contributed by atoms with van der Waals surface area (Å²) in [6.07, 6.45) is 1.87. The predicted molar refractivity (Wildman–Crippen MR) is 186 cm³/mol. The van der Waals surface area contributed by atoms with Crippen LogP contribution in [0.1, 0.15) is 36.5 Å². The van der Waals surface area contributed by atoms with E-state index in [1.54, 1.807) is 36.4 Å². The molecule has 242 valence electrons. The van der Waals surface area contributed by atoms with Crippen LogP contribution in [0, 0.1) is 6.92 Å². The number of nitrogens with one attached hydrogen (secondary N) is 1. The second-order valence-corrected chi connectivity index (χ2v) is 14.1. The van der Waals surface area contributed by atoms with Crippen LogP contribution in [0.2, 0.25) is 15.1 Å². The topological polar surface area (TPSA) is 86.8 Å². The molecule has 0 bridgehead atoms. The van der Waals surface area contributed by atoms with Crippen LogP contribution in [0.5, 0.6) is 0 Å². The summed E-state index contributed by atoms with van der Waals surface area (Å²) < 4.78 is 29.3. The van der Waals surface area contributed by atoms with E-state index < -0.39 is 28.5 Å². The fraction of sp³-hybridized carbons (Fsp3) is 0.257. The number of amides is 2. The molecule has 2 amide bonds. The molecular formula is C35H36Cl3N3O4S. The number of aryl methyl sites for hydroxylation is 1. The van der Waals surface area contributed by atoms with Gasteiger partial charge >= 0.3 is 0 Å². The molecule has 1 N–H and O–H groups in total. The average Bonchev–Trinajstić information content (AvgIpc) is 3.02. The molecule has 4 aromatic carbocycles. The van der Waals surface area contributed by atoms with Crippen molar-refractivity contribution in [3.63, 3.8) is 0 Å². The molecule has 0 saturated carbocycles. The van der Waals surface area contributed by atoms with Gasteiger partial charge in [-0.15, -0.1) is 0 Å². The summed E-state index contributed by atoms with van der Waals surface area (Å²) in [5.41, 5.74) is 2.55. The van der Waals surface area contributed by atoms with Crippen LogP contribution in [0.15, 0.2) is 102 Å². The first kappa shape index (κ1) is 35.3. The van der Waals surface area contributed by atoms with Crippen LogP contribution in [0.4, 0.5) is 5.69 Å². The van der Waals surface area contributed by atoms with Crippen molar-refractivity contribution in [2.75, 3.05) is 17.4 Å². The van der Waals surface area contributed by atoms with Crippen molar-refractivity contribution in [1.29, 1.82) is 0 Å². The van der Waals surface area contributed by atoms with Gasteiger partial charge in [0.1, 0.15) is 12.6 Å². The second-order valence-electron chi connectivity index (χ2n) is 11.0. The van der Waals surface area contributed by atoms with Gasteiger partial charge in [-0.3, -0.25) is 13.9 Å². The number of nitrogens with zero attached hydrogens (tertiary/aromatic N) is 2. The molecule has 7 nitrogen and oxygen atoms in total. The summed E-state index contributed by atoms with van der Waals surface area (Å²) in [6, 6.07) is 26.1. The molecule has 46 heavy (non-hydrogen) atoms. The fourth-order valence-corrected chi connectivity index (χ4v) is 6.93. The number of hydrogen-bond acceptors (Lipinski definition) is 4. The normalized spacial score (nSPS) is 11.9. The van der Waals surface area contributed by atoms with Crippen molar-refractivity contribution in [1.82, 2.24) is 10.2 Å². The number of hydrogen-bond donors (Lipinski definition) is 1.